The monoisotopic (exact) mass is 260 g/mol. The fourth-order valence-electron chi connectivity index (χ4n) is 2.30. The third-order valence-electron chi connectivity index (χ3n) is 3.49. The highest BCUT2D eigenvalue weighted by Gasteiger charge is 2.19. The summed E-state index contributed by atoms with van der Waals surface area (Å²) >= 11 is 0. The number of nitrogens with one attached hydrogen (secondary N) is 2. The molecule has 2 N–H and O–H groups in total. The van der Waals surface area contributed by atoms with Gasteiger partial charge in [-0.15, -0.1) is 0 Å². The fraction of sp³-hybridized carbons (Fsp3) is 0.467. The quantitative estimate of drug-likeness (QED) is 0.859. The van der Waals surface area contributed by atoms with Gasteiger partial charge < -0.3 is 10.6 Å². The number of rotatable bonds is 3. The SMILES string of the molecule is Cc1ccc(C)c(CC(=O)NC2CCC(=O)NC2)c1. The van der Waals surface area contributed by atoms with Crippen molar-refractivity contribution in [2.45, 2.75) is 39.2 Å². The summed E-state index contributed by atoms with van der Waals surface area (Å²) in [5.74, 6) is 0.0925. The van der Waals surface area contributed by atoms with Crippen molar-refractivity contribution in [3.63, 3.8) is 0 Å². The summed E-state index contributed by atoms with van der Waals surface area (Å²) in [4.78, 5) is 23.0. The van der Waals surface area contributed by atoms with Crippen LogP contribution >= 0.6 is 0 Å². The first-order chi connectivity index (χ1) is 9.04. The van der Waals surface area contributed by atoms with Crippen LogP contribution in [0.2, 0.25) is 0 Å². The summed E-state index contributed by atoms with van der Waals surface area (Å²) in [6, 6.07) is 6.21. The molecule has 1 saturated heterocycles. The van der Waals surface area contributed by atoms with Crippen LogP contribution in [0, 0.1) is 13.8 Å². The molecule has 0 aliphatic carbocycles. The Kier molecular flexibility index (Phi) is 4.20. The fourth-order valence-corrected chi connectivity index (χ4v) is 2.30. The molecule has 0 bridgehead atoms. The van der Waals surface area contributed by atoms with E-state index in [-0.39, 0.29) is 17.9 Å². The highest BCUT2D eigenvalue weighted by atomic mass is 16.2. The number of carbonyl (C=O) groups excluding carboxylic acids is 2. The molecule has 2 amide bonds. The van der Waals surface area contributed by atoms with Gasteiger partial charge in [-0.3, -0.25) is 9.59 Å². The van der Waals surface area contributed by atoms with Gasteiger partial charge in [0, 0.05) is 19.0 Å². The van der Waals surface area contributed by atoms with Crippen molar-refractivity contribution >= 4 is 11.8 Å². The minimum Gasteiger partial charge on any atom is -0.354 e. The second-order valence-electron chi connectivity index (χ2n) is 5.21. The number of hydrogen-bond donors (Lipinski definition) is 2. The lowest BCUT2D eigenvalue weighted by Crippen LogP contribution is -2.48. The number of piperidine rings is 1. The second kappa shape index (κ2) is 5.87. The summed E-state index contributed by atoms with van der Waals surface area (Å²) in [5, 5.41) is 5.75. The van der Waals surface area contributed by atoms with Gasteiger partial charge in [0.2, 0.25) is 11.8 Å². The molecule has 4 nitrogen and oxygen atoms in total. The summed E-state index contributed by atoms with van der Waals surface area (Å²) in [7, 11) is 0. The molecule has 0 spiro atoms. The maximum Gasteiger partial charge on any atom is 0.224 e. The summed E-state index contributed by atoms with van der Waals surface area (Å²) in [5.41, 5.74) is 3.37. The smallest absolute Gasteiger partial charge is 0.224 e. The van der Waals surface area contributed by atoms with Crippen LogP contribution in [0.3, 0.4) is 0 Å². The molecule has 19 heavy (non-hydrogen) atoms. The van der Waals surface area contributed by atoms with Gasteiger partial charge in [-0.25, -0.2) is 0 Å². The lowest BCUT2D eigenvalue weighted by atomic mass is 10.0. The molecule has 1 aliphatic rings. The van der Waals surface area contributed by atoms with Gasteiger partial charge in [-0.2, -0.15) is 0 Å². The lowest BCUT2D eigenvalue weighted by molar-refractivity contribution is -0.125. The number of aryl methyl sites for hydroxylation is 2. The number of carbonyl (C=O) groups is 2. The molecule has 0 aromatic heterocycles. The molecule has 4 heteroatoms. The average Bonchev–Trinajstić information content (AvgIpc) is 2.37. The first-order valence-corrected chi connectivity index (χ1v) is 6.67. The van der Waals surface area contributed by atoms with Crippen LogP contribution in [0.25, 0.3) is 0 Å². The molecule has 102 valence electrons. The Labute approximate surface area is 113 Å². The van der Waals surface area contributed by atoms with Crippen LogP contribution < -0.4 is 10.6 Å². The van der Waals surface area contributed by atoms with E-state index < -0.39 is 0 Å². The van der Waals surface area contributed by atoms with Gasteiger partial charge in [0.05, 0.1) is 6.42 Å². The molecule has 0 radical (unpaired) electrons. The Morgan fingerprint density at radius 3 is 2.89 bits per heavy atom. The maximum atomic E-state index is 12.0. The minimum absolute atomic E-state index is 0.0230. The molecule has 1 atom stereocenters. The number of amides is 2. The Bertz CT molecular complexity index is 487. The molecule has 1 unspecified atom stereocenters. The standard InChI is InChI=1S/C15H20N2O2/c1-10-3-4-11(2)12(7-10)8-15(19)17-13-5-6-14(18)16-9-13/h3-4,7,13H,5-6,8-9H2,1-2H3,(H,16,18)(H,17,19). The van der Waals surface area contributed by atoms with Crippen molar-refractivity contribution in [1.82, 2.24) is 10.6 Å². The van der Waals surface area contributed by atoms with Gasteiger partial charge in [0.1, 0.15) is 0 Å². The number of benzene rings is 1. The van der Waals surface area contributed by atoms with E-state index in [4.69, 9.17) is 0 Å². The molecule has 1 heterocycles. The zero-order valence-corrected chi connectivity index (χ0v) is 11.5. The molecular formula is C15H20N2O2. The second-order valence-corrected chi connectivity index (χ2v) is 5.21. The topological polar surface area (TPSA) is 58.2 Å². The Morgan fingerprint density at radius 2 is 2.21 bits per heavy atom. The van der Waals surface area contributed by atoms with Crippen LogP contribution in [0.4, 0.5) is 0 Å². The van der Waals surface area contributed by atoms with Crippen LogP contribution in [0.1, 0.15) is 29.5 Å². The minimum atomic E-state index is 0.0230. The summed E-state index contributed by atoms with van der Waals surface area (Å²) < 4.78 is 0. The third-order valence-corrected chi connectivity index (χ3v) is 3.49. The Morgan fingerprint density at radius 1 is 1.42 bits per heavy atom. The Hall–Kier alpha value is -1.84. The van der Waals surface area contributed by atoms with Crippen LogP contribution in [0.5, 0.6) is 0 Å². The predicted octanol–water partition coefficient (Wildman–Crippen LogP) is 1.24. The van der Waals surface area contributed by atoms with Gasteiger partial charge in [0.15, 0.2) is 0 Å². The molecule has 1 aromatic carbocycles. The van der Waals surface area contributed by atoms with Crippen molar-refractivity contribution in [1.29, 1.82) is 0 Å². The van der Waals surface area contributed by atoms with E-state index in [0.29, 0.717) is 19.4 Å². The van der Waals surface area contributed by atoms with Gasteiger partial charge in [-0.05, 0) is 31.4 Å². The van der Waals surface area contributed by atoms with Crippen LogP contribution in [0.15, 0.2) is 18.2 Å². The van der Waals surface area contributed by atoms with Crippen molar-refractivity contribution in [3.05, 3.63) is 34.9 Å². The predicted molar refractivity (Wildman–Crippen MR) is 73.8 cm³/mol. The van der Waals surface area contributed by atoms with E-state index in [1.807, 2.05) is 26.0 Å². The highest BCUT2D eigenvalue weighted by molar-refractivity contribution is 5.80. The van der Waals surface area contributed by atoms with Crippen molar-refractivity contribution in [2.24, 2.45) is 0 Å². The first-order valence-electron chi connectivity index (χ1n) is 6.67. The summed E-state index contributed by atoms with van der Waals surface area (Å²) in [6.45, 7) is 4.58. The van der Waals surface area contributed by atoms with E-state index in [1.54, 1.807) is 0 Å². The van der Waals surface area contributed by atoms with Gasteiger partial charge in [0.25, 0.3) is 0 Å². The van der Waals surface area contributed by atoms with Crippen LogP contribution in [-0.4, -0.2) is 24.4 Å². The van der Waals surface area contributed by atoms with Crippen molar-refractivity contribution < 1.29 is 9.59 Å². The Balaban J connectivity index is 1.90. The maximum absolute atomic E-state index is 12.0. The van der Waals surface area contributed by atoms with E-state index >= 15 is 0 Å². The van der Waals surface area contributed by atoms with Crippen LogP contribution in [-0.2, 0) is 16.0 Å². The largest absolute Gasteiger partial charge is 0.354 e. The van der Waals surface area contributed by atoms with E-state index in [1.165, 1.54) is 5.56 Å². The zero-order chi connectivity index (χ0) is 13.8. The van der Waals surface area contributed by atoms with E-state index in [0.717, 1.165) is 17.5 Å². The van der Waals surface area contributed by atoms with Gasteiger partial charge in [-0.1, -0.05) is 23.8 Å². The van der Waals surface area contributed by atoms with Gasteiger partial charge >= 0.3 is 0 Å². The van der Waals surface area contributed by atoms with Crippen molar-refractivity contribution in [3.8, 4) is 0 Å². The van der Waals surface area contributed by atoms with Crippen molar-refractivity contribution in [2.75, 3.05) is 6.54 Å². The number of hydrogen-bond acceptors (Lipinski definition) is 2. The zero-order valence-electron chi connectivity index (χ0n) is 11.5. The lowest BCUT2D eigenvalue weighted by Gasteiger charge is -2.23. The average molecular weight is 260 g/mol. The highest BCUT2D eigenvalue weighted by Crippen LogP contribution is 2.11. The molecule has 1 aliphatic heterocycles. The van der Waals surface area contributed by atoms with E-state index in [9.17, 15) is 9.59 Å². The third kappa shape index (κ3) is 3.81. The summed E-state index contributed by atoms with van der Waals surface area (Å²) in [6.07, 6.45) is 1.62. The van der Waals surface area contributed by atoms with E-state index in [2.05, 4.69) is 16.7 Å². The molecule has 0 saturated carbocycles. The molecule has 1 fully saturated rings. The molecule has 2 rings (SSSR count). The molecule has 1 aromatic rings. The first kappa shape index (κ1) is 13.6. The molecular weight excluding hydrogens is 240 g/mol. The normalized spacial score (nSPS) is 18.8.